The molecule has 4 saturated carbocycles. The van der Waals surface area contributed by atoms with Crippen LogP contribution in [0.3, 0.4) is 0 Å². The minimum absolute atomic E-state index is 0.130. The van der Waals surface area contributed by atoms with E-state index >= 15 is 0 Å². The molecule has 0 heterocycles. The molecule has 0 spiro atoms. The Labute approximate surface area is 133 Å². The third-order valence-electron chi connectivity index (χ3n) is 6.30. The van der Waals surface area contributed by atoms with Crippen molar-refractivity contribution in [1.29, 1.82) is 0 Å². The second-order valence-electron chi connectivity index (χ2n) is 8.07. The smallest absolute Gasteiger partial charge is 0.224 e. The molecule has 1 N–H and O–H groups in total. The van der Waals surface area contributed by atoms with Gasteiger partial charge in [-0.3, -0.25) is 4.79 Å². The Bertz CT molecular complexity index is 524. The molecule has 0 aromatic heterocycles. The number of nitrogens with one attached hydrogen (secondary N) is 1. The van der Waals surface area contributed by atoms with E-state index < -0.39 is 0 Å². The lowest BCUT2D eigenvalue weighted by atomic mass is 9.48. The van der Waals surface area contributed by atoms with E-state index in [0.29, 0.717) is 11.8 Å². The van der Waals surface area contributed by atoms with Gasteiger partial charge in [0.15, 0.2) is 0 Å². The van der Waals surface area contributed by atoms with Crippen LogP contribution in [0.1, 0.15) is 63.9 Å². The van der Waals surface area contributed by atoms with Gasteiger partial charge in [-0.15, -0.1) is 0 Å². The van der Waals surface area contributed by atoms with Gasteiger partial charge < -0.3 is 5.32 Å². The van der Waals surface area contributed by atoms with Crippen LogP contribution in [0.15, 0.2) is 24.3 Å². The minimum atomic E-state index is 0.130. The first-order valence-electron chi connectivity index (χ1n) is 9.07. The molecule has 4 fully saturated rings. The lowest BCUT2D eigenvalue weighted by molar-refractivity contribution is -0.116. The molecule has 0 atom stereocenters. The van der Waals surface area contributed by atoms with Gasteiger partial charge in [-0.1, -0.05) is 19.1 Å². The van der Waals surface area contributed by atoms with Crippen LogP contribution < -0.4 is 5.32 Å². The summed E-state index contributed by atoms with van der Waals surface area (Å²) in [5.74, 6) is 3.07. The van der Waals surface area contributed by atoms with E-state index in [1.165, 1.54) is 44.1 Å². The first-order chi connectivity index (χ1) is 10.7. The summed E-state index contributed by atoms with van der Waals surface area (Å²) >= 11 is 0. The van der Waals surface area contributed by atoms with Crippen molar-refractivity contribution in [2.75, 3.05) is 5.32 Å². The van der Waals surface area contributed by atoms with Crippen molar-refractivity contribution in [3.63, 3.8) is 0 Å². The van der Waals surface area contributed by atoms with Gasteiger partial charge in [-0.25, -0.2) is 0 Å². The van der Waals surface area contributed by atoms with Gasteiger partial charge in [-0.05, 0) is 85.8 Å². The van der Waals surface area contributed by atoms with Gasteiger partial charge in [0.2, 0.25) is 5.91 Å². The fourth-order valence-corrected chi connectivity index (χ4v) is 5.82. The van der Waals surface area contributed by atoms with Gasteiger partial charge >= 0.3 is 0 Å². The molecule has 5 rings (SSSR count). The molecule has 1 aromatic rings. The Kier molecular flexibility index (Phi) is 3.51. The fraction of sp³-hybridized carbons (Fsp3) is 0.650. The predicted octanol–water partition coefficient (Wildman–Crippen LogP) is 4.89. The zero-order valence-electron chi connectivity index (χ0n) is 13.6. The topological polar surface area (TPSA) is 29.1 Å². The van der Waals surface area contributed by atoms with Crippen LogP contribution in [-0.4, -0.2) is 5.91 Å². The van der Waals surface area contributed by atoms with E-state index in [1.807, 2.05) is 6.92 Å². The molecule has 4 aliphatic carbocycles. The zero-order valence-corrected chi connectivity index (χ0v) is 13.6. The van der Waals surface area contributed by atoms with E-state index in [1.54, 1.807) is 0 Å². The monoisotopic (exact) mass is 297 g/mol. The van der Waals surface area contributed by atoms with Crippen molar-refractivity contribution in [3.8, 4) is 0 Å². The summed E-state index contributed by atoms with van der Waals surface area (Å²) in [7, 11) is 0. The number of amides is 1. The summed E-state index contributed by atoms with van der Waals surface area (Å²) in [6.45, 7) is 2.04. The molecule has 22 heavy (non-hydrogen) atoms. The van der Waals surface area contributed by atoms with Crippen molar-refractivity contribution >= 4 is 11.6 Å². The van der Waals surface area contributed by atoms with Gasteiger partial charge in [0.05, 0.1) is 0 Å². The van der Waals surface area contributed by atoms with Gasteiger partial charge in [-0.2, -0.15) is 0 Å². The number of anilines is 1. The van der Waals surface area contributed by atoms with Crippen LogP contribution in [0.5, 0.6) is 0 Å². The largest absolute Gasteiger partial charge is 0.326 e. The van der Waals surface area contributed by atoms with Crippen molar-refractivity contribution in [1.82, 2.24) is 0 Å². The van der Waals surface area contributed by atoms with E-state index in [9.17, 15) is 4.79 Å². The molecule has 2 heteroatoms. The number of hydrogen-bond acceptors (Lipinski definition) is 1. The molecule has 4 aliphatic rings. The van der Waals surface area contributed by atoms with Crippen LogP contribution >= 0.6 is 0 Å². The second kappa shape index (κ2) is 5.40. The molecule has 118 valence electrons. The highest BCUT2D eigenvalue weighted by atomic mass is 16.1. The summed E-state index contributed by atoms with van der Waals surface area (Å²) in [4.78, 5) is 11.7. The molecule has 0 unspecified atom stereocenters. The Balaban J connectivity index is 1.52. The Morgan fingerprint density at radius 1 is 1.05 bits per heavy atom. The first-order valence-corrected chi connectivity index (χ1v) is 9.07. The summed E-state index contributed by atoms with van der Waals surface area (Å²) in [5.41, 5.74) is 2.94. The maximum Gasteiger partial charge on any atom is 0.224 e. The van der Waals surface area contributed by atoms with Gasteiger partial charge in [0.25, 0.3) is 0 Å². The minimum Gasteiger partial charge on any atom is -0.326 e. The molecule has 0 aliphatic heterocycles. The van der Waals surface area contributed by atoms with Crippen LogP contribution in [0, 0.1) is 17.8 Å². The van der Waals surface area contributed by atoms with Crippen LogP contribution in [-0.2, 0) is 10.2 Å². The quantitative estimate of drug-likeness (QED) is 0.842. The summed E-state index contributed by atoms with van der Waals surface area (Å²) < 4.78 is 0. The van der Waals surface area contributed by atoms with Crippen molar-refractivity contribution in [2.45, 2.75) is 63.7 Å². The summed E-state index contributed by atoms with van der Waals surface area (Å²) in [6.07, 6.45) is 10.2. The lowest BCUT2D eigenvalue weighted by Gasteiger charge is -2.57. The standard InChI is InChI=1S/C20H27NO/c1-2-3-19(22)21-18-6-4-17(5-7-18)20-11-14-8-15(12-20)10-16(9-14)13-20/h4-7,14-16H,2-3,8-13H2,1H3,(H,21,22). The molecule has 0 saturated heterocycles. The zero-order chi connectivity index (χ0) is 15.2. The van der Waals surface area contributed by atoms with Crippen molar-refractivity contribution in [3.05, 3.63) is 29.8 Å². The Morgan fingerprint density at radius 2 is 1.59 bits per heavy atom. The first kappa shape index (κ1) is 14.3. The van der Waals surface area contributed by atoms with E-state index in [0.717, 1.165) is 29.9 Å². The molecule has 1 amide bonds. The number of rotatable bonds is 4. The Morgan fingerprint density at radius 3 is 2.09 bits per heavy atom. The SMILES string of the molecule is CCCC(=O)Nc1ccc(C23CC4CC(CC(C4)C2)C3)cc1. The number of hydrogen-bond donors (Lipinski definition) is 1. The number of benzene rings is 1. The van der Waals surface area contributed by atoms with Crippen LogP contribution in [0.4, 0.5) is 5.69 Å². The highest BCUT2D eigenvalue weighted by Gasteiger charge is 2.51. The lowest BCUT2D eigenvalue weighted by Crippen LogP contribution is -2.48. The summed E-state index contributed by atoms with van der Waals surface area (Å²) in [6, 6.07) is 8.80. The normalized spacial score (nSPS) is 35.6. The number of carbonyl (C=O) groups is 1. The molecule has 0 radical (unpaired) electrons. The molecule has 2 nitrogen and oxygen atoms in total. The van der Waals surface area contributed by atoms with Crippen molar-refractivity contribution < 1.29 is 4.79 Å². The molecule has 1 aromatic carbocycles. The second-order valence-corrected chi connectivity index (χ2v) is 8.07. The van der Waals surface area contributed by atoms with E-state index in [4.69, 9.17) is 0 Å². The van der Waals surface area contributed by atoms with Gasteiger partial charge in [0.1, 0.15) is 0 Å². The van der Waals surface area contributed by atoms with E-state index in [-0.39, 0.29) is 5.91 Å². The maximum absolute atomic E-state index is 11.7. The third-order valence-corrected chi connectivity index (χ3v) is 6.30. The van der Waals surface area contributed by atoms with Gasteiger partial charge in [0, 0.05) is 12.1 Å². The fourth-order valence-electron chi connectivity index (χ4n) is 5.82. The molecular weight excluding hydrogens is 270 g/mol. The highest BCUT2D eigenvalue weighted by molar-refractivity contribution is 5.90. The van der Waals surface area contributed by atoms with Crippen LogP contribution in [0.2, 0.25) is 0 Å². The average Bonchev–Trinajstić information content (AvgIpc) is 2.46. The summed E-state index contributed by atoms with van der Waals surface area (Å²) in [5, 5.41) is 3.00. The van der Waals surface area contributed by atoms with Crippen molar-refractivity contribution in [2.24, 2.45) is 17.8 Å². The maximum atomic E-state index is 11.7. The predicted molar refractivity (Wildman–Crippen MR) is 89.8 cm³/mol. The van der Waals surface area contributed by atoms with Crippen LogP contribution in [0.25, 0.3) is 0 Å². The Hall–Kier alpha value is -1.31. The molecule has 4 bridgehead atoms. The highest BCUT2D eigenvalue weighted by Crippen LogP contribution is 2.60. The number of carbonyl (C=O) groups excluding carboxylic acids is 1. The third kappa shape index (κ3) is 2.47. The molecular formula is C20H27NO. The van der Waals surface area contributed by atoms with E-state index in [2.05, 4.69) is 29.6 Å². The average molecular weight is 297 g/mol.